The molecule has 1 rings (SSSR count). The lowest BCUT2D eigenvalue weighted by Gasteiger charge is -2.24. The number of nitrogens with zero attached hydrogens (tertiary/aromatic N) is 1. The van der Waals surface area contributed by atoms with E-state index in [-0.39, 0.29) is 5.97 Å². The molecule has 1 atom stereocenters. The number of hydrogen-bond donors (Lipinski definition) is 1. The van der Waals surface area contributed by atoms with Gasteiger partial charge in [0.05, 0.1) is 13.2 Å². The van der Waals surface area contributed by atoms with Gasteiger partial charge < -0.3 is 10.1 Å². The van der Waals surface area contributed by atoms with Gasteiger partial charge in [-0.05, 0) is 33.7 Å². The third-order valence-electron chi connectivity index (χ3n) is 2.83. The van der Waals surface area contributed by atoms with Crippen molar-refractivity contribution in [3.05, 3.63) is 0 Å². The molecule has 0 bridgehead atoms. The number of hydrogen-bond acceptors (Lipinski definition) is 4. The molecule has 1 N–H and O–H groups in total. The van der Waals surface area contributed by atoms with Crippen molar-refractivity contribution in [1.82, 2.24) is 10.2 Å². The number of esters is 1. The number of likely N-dealkylation sites (N-methyl/N-ethyl adjacent to an activating group) is 1. The van der Waals surface area contributed by atoms with Crippen LogP contribution in [-0.4, -0.2) is 49.7 Å². The first-order valence-electron chi connectivity index (χ1n) is 5.73. The Hall–Kier alpha value is -0.610. The van der Waals surface area contributed by atoms with Crippen LogP contribution in [0.2, 0.25) is 0 Å². The highest BCUT2D eigenvalue weighted by molar-refractivity contribution is 5.71. The van der Waals surface area contributed by atoms with Gasteiger partial charge in [-0.3, -0.25) is 9.69 Å². The molecule has 88 valence electrons. The summed E-state index contributed by atoms with van der Waals surface area (Å²) in [6.07, 6.45) is 2.64. The minimum Gasteiger partial charge on any atom is -0.465 e. The molecule has 0 aromatic heterocycles. The molecule has 0 amide bonds. The molecule has 0 heterocycles. The lowest BCUT2D eigenvalue weighted by Crippen LogP contribution is -2.40. The van der Waals surface area contributed by atoms with Crippen molar-refractivity contribution in [2.45, 2.75) is 38.8 Å². The first-order chi connectivity index (χ1) is 7.15. The lowest BCUT2D eigenvalue weighted by atomic mass is 10.3. The van der Waals surface area contributed by atoms with Crippen LogP contribution in [0.3, 0.4) is 0 Å². The van der Waals surface area contributed by atoms with Gasteiger partial charge in [0.15, 0.2) is 0 Å². The summed E-state index contributed by atoms with van der Waals surface area (Å²) in [5.74, 6) is -0.168. The molecule has 0 spiro atoms. The third kappa shape index (κ3) is 4.62. The highest BCUT2D eigenvalue weighted by atomic mass is 16.5. The first kappa shape index (κ1) is 12.5. The topological polar surface area (TPSA) is 41.6 Å². The largest absolute Gasteiger partial charge is 0.465 e. The highest BCUT2D eigenvalue weighted by Gasteiger charge is 2.28. The van der Waals surface area contributed by atoms with E-state index in [4.69, 9.17) is 4.74 Å². The van der Waals surface area contributed by atoms with Gasteiger partial charge in [-0.25, -0.2) is 0 Å². The van der Waals surface area contributed by atoms with Crippen LogP contribution in [-0.2, 0) is 9.53 Å². The Labute approximate surface area is 92.0 Å². The van der Waals surface area contributed by atoms with E-state index < -0.39 is 0 Å². The summed E-state index contributed by atoms with van der Waals surface area (Å²) < 4.78 is 4.83. The maximum Gasteiger partial charge on any atom is 0.319 e. The molecule has 1 saturated carbocycles. The molecule has 4 heteroatoms. The number of carbonyl (C=O) groups excluding carboxylic acids is 1. The minimum atomic E-state index is -0.168. The van der Waals surface area contributed by atoms with Gasteiger partial charge in [0.2, 0.25) is 0 Å². The van der Waals surface area contributed by atoms with Crippen molar-refractivity contribution in [3.63, 3.8) is 0 Å². The molecule has 0 radical (unpaired) electrons. The fourth-order valence-electron chi connectivity index (χ4n) is 1.58. The van der Waals surface area contributed by atoms with Crippen LogP contribution >= 0.6 is 0 Å². The number of carbonyl (C=O) groups is 1. The molecular formula is C11H22N2O2. The Balaban J connectivity index is 2.05. The van der Waals surface area contributed by atoms with E-state index in [1.807, 2.05) is 6.92 Å². The zero-order valence-electron chi connectivity index (χ0n) is 9.95. The standard InChI is InChI=1S/C11H22N2O2/c1-4-15-11(14)8-12-7-9(2)13(3)10-5-6-10/h9-10,12H,4-8H2,1-3H3. The summed E-state index contributed by atoms with van der Waals surface area (Å²) in [4.78, 5) is 13.4. The third-order valence-corrected chi connectivity index (χ3v) is 2.83. The van der Waals surface area contributed by atoms with Crippen molar-refractivity contribution >= 4 is 5.97 Å². The molecule has 15 heavy (non-hydrogen) atoms. The maximum absolute atomic E-state index is 11.0. The van der Waals surface area contributed by atoms with E-state index in [1.54, 1.807) is 0 Å². The van der Waals surface area contributed by atoms with Gasteiger partial charge in [0.1, 0.15) is 0 Å². The Kier molecular flexibility index (Phi) is 5.05. The number of nitrogens with one attached hydrogen (secondary N) is 1. The SMILES string of the molecule is CCOC(=O)CNCC(C)N(C)C1CC1. The predicted octanol–water partition coefficient (Wildman–Crippen LogP) is 0.622. The summed E-state index contributed by atoms with van der Waals surface area (Å²) in [6, 6.07) is 1.25. The molecule has 1 aliphatic carbocycles. The van der Waals surface area contributed by atoms with Crippen molar-refractivity contribution < 1.29 is 9.53 Å². The van der Waals surface area contributed by atoms with E-state index in [0.29, 0.717) is 19.2 Å². The molecule has 1 aliphatic rings. The fourth-order valence-corrected chi connectivity index (χ4v) is 1.58. The number of ether oxygens (including phenoxy) is 1. The smallest absolute Gasteiger partial charge is 0.319 e. The van der Waals surface area contributed by atoms with Gasteiger partial charge in [-0.15, -0.1) is 0 Å². The van der Waals surface area contributed by atoms with E-state index in [9.17, 15) is 4.79 Å². The predicted molar refractivity (Wildman–Crippen MR) is 59.7 cm³/mol. The van der Waals surface area contributed by atoms with Gasteiger partial charge in [0.25, 0.3) is 0 Å². The fraction of sp³-hybridized carbons (Fsp3) is 0.909. The number of rotatable bonds is 7. The van der Waals surface area contributed by atoms with Gasteiger partial charge in [-0.1, -0.05) is 0 Å². The lowest BCUT2D eigenvalue weighted by molar-refractivity contribution is -0.142. The molecule has 1 unspecified atom stereocenters. The van der Waals surface area contributed by atoms with E-state index >= 15 is 0 Å². The zero-order chi connectivity index (χ0) is 11.3. The Morgan fingerprint density at radius 2 is 2.27 bits per heavy atom. The highest BCUT2D eigenvalue weighted by Crippen LogP contribution is 2.26. The molecule has 4 nitrogen and oxygen atoms in total. The van der Waals surface area contributed by atoms with Crippen LogP contribution in [0.5, 0.6) is 0 Å². The monoisotopic (exact) mass is 214 g/mol. The molecular weight excluding hydrogens is 192 g/mol. The van der Waals surface area contributed by atoms with Crippen molar-refractivity contribution in [1.29, 1.82) is 0 Å². The minimum absolute atomic E-state index is 0.168. The Morgan fingerprint density at radius 3 is 2.80 bits per heavy atom. The summed E-state index contributed by atoms with van der Waals surface area (Å²) in [5.41, 5.74) is 0. The van der Waals surface area contributed by atoms with Gasteiger partial charge in [-0.2, -0.15) is 0 Å². The van der Waals surface area contributed by atoms with Crippen molar-refractivity contribution in [3.8, 4) is 0 Å². The molecule has 0 aliphatic heterocycles. The van der Waals surface area contributed by atoms with Crippen LogP contribution < -0.4 is 5.32 Å². The van der Waals surface area contributed by atoms with Crippen LogP contribution in [0, 0.1) is 0 Å². The Bertz CT molecular complexity index is 205. The van der Waals surface area contributed by atoms with E-state index in [0.717, 1.165) is 12.6 Å². The average molecular weight is 214 g/mol. The van der Waals surface area contributed by atoms with Gasteiger partial charge >= 0.3 is 5.97 Å². The van der Waals surface area contributed by atoms with E-state index in [2.05, 4.69) is 24.2 Å². The molecule has 0 aromatic carbocycles. The summed E-state index contributed by atoms with van der Waals surface area (Å²) in [6.45, 7) is 5.61. The summed E-state index contributed by atoms with van der Waals surface area (Å²) >= 11 is 0. The molecule has 1 fully saturated rings. The summed E-state index contributed by atoms with van der Waals surface area (Å²) in [5, 5.41) is 3.12. The second-order valence-corrected chi connectivity index (χ2v) is 4.18. The Morgan fingerprint density at radius 1 is 1.60 bits per heavy atom. The van der Waals surface area contributed by atoms with Crippen LogP contribution in [0.15, 0.2) is 0 Å². The quantitative estimate of drug-likeness (QED) is 0.631. The summed E-state index contributed by atoms with van der Waals surface area (Å²) in [7, 11) is 2.15. The molecule has 0 saturated heterocycles. The zero-order valence-corrected chi connectivity index (χ0v) is 9.95. The van der Waals surface area contributed by atoms with Crippen molar-refractivity contribution in [2.24, 2.45) is 0 Å². The second kappa shape index (κ2) is 6.08. The second-order valence-electron chi connectivity index (χ2n) is 4.18. The van der Waals surface area contributed by atoms with Crippen LogP contribution in [0.25, 0.3) is 0 Å². The van der Waals surface area contributed by atoms with Gasteiger partial charge in [0, 0.05) is 18.6 Å². The average Bonchev–Trinajstić information content (AvgIpc) is 3.00. The van der Waals surface area contributed by atoms with Crippen molar-refractivity contribution in [2.75, 3.05) is 26.7 Å². The first-order valence-corrected chi connectivity index (χ1v) is 5.73. The van der Waals surface area contributed by atoms with E-state index in [1.165, 1.54) is 12.8 Å². The van der Waals surface area contributed by atoms with Crippen LogP contribution in [0.1, 0.15) is 26.7 Å². The van der Waals surface area contributed by atoms with Crippen LogP contribution in [0.4, 0.5) is 0 Å². The molecule has 0 aromatic rings. The normalized spacial score (nSPS) is 17.9. The maximum atomic E-state index is 11.0.